The first kappa shape index (κ1) is 22.5. The molecule has 1 amide bonds. The molecule has 5 heteroatoms. The Kier molecular flexibility index (Phi) is 6.52. The Balaban J connectivity index is 1.56. The summed E-state index contributed by atoms with van der Waals surface area (Å²) in [5.41, 5.74) is 4.32. The Morgan fingerprint density at radius 2 is 1.79 bits per heavy atom. The number of furan rings is 1. The molecule has 1 aromatic heterocycles. The Bertz CT molecular complexity index is 1150. The van der Waals surface area contributed by atoms with E-state index in [1.807, 2.05) is 35.2 Å². The van der Waals surface area contributed by atoms with Gasteiger partial charge in [-0.25, -0.2) is 9.89 Å². The second-order valence-corrected chi connectivity index (χ2v) is 9.60. The zero-order valence-corrected chi connectivity index (χ0v) is 20.1. The van der Waals surface area contributed by atoms with Crippen molar-refractivity contribution in [3.8, 4) is 0 Å². The van der Waals surface area contributed by atoms with Gasteiger partial charge < -0.3 is 9.32 Å². The average molecular weight is 456 g/mol. The lowest BCUT2D eigenvalue weighted by atomic mass is 9.94. The van der Waals surface area contributed by atoms with Crippen LogP contribution in [0.4, 0.5) is 5.69 Å². The maximum atomic E-state index is 13.9. The molecule has 0 saturated heterocycles. The van der Waals surface area contributed by atoms with E-state index in [0.29, 0.717) is 19.0 Å². The summed E-state index contributed by atoms with van der Waals surface area (Å²) in [6.45, 7) is 4.78. The van der Waals surface area contributed by atoms with Gasteiger partial charge in [-0.2, -0.15) is 0 Å². The molecule has 2 heterocycles. The highest BCUT2D eigenvalue weighted by molar-refractivity contribution is 6.22. The SMILES string of the molecule is Cc1ccc(N2C(=O)C(Cc3ccccc3)N=C2N(Cc2ccco2)C2CCCCC2)c(C)c1. The minimum atomic E-state index is -0.430. The van der Waals surface area contributed by atoms with E-state index in [9.17, 15) is 4.79 Å². The minimum absolute atomic E-state index is 0.0473. The number of hydrogen-bond donors (Lipinski definition) is 0. The summed E-state index contributed by atoms with van der Waals surface area (Å²) in [4.78, 5) is 23.2. The second kappa shape index (κ2) is 9.88. The number of aliphatic imine (C=N–C) groups is 1. The molecule has 1 fully saturated rings. The van der Waals surface area contributed by atoms with Crippen LogP contribution in [0.5, 0.6) is 0 Å². The summed E-state index contributed by atoms with van der Waals surface area (Å²) in [6, 6.07) is 20.3. The van der Waals surface area contributed by atoms with Crippen LogP contribution in [0.2, 0.25) is 0 Å². The third kappa shape index (κ3) is 4.65. The van der Waals surface area contributed by atoms with E-state index >= 15 is 0 Å². The van der Waals surface area contributed by atoms with E-state index in [0.717, 1.165) is 41.4 Å². The van der Waals surface area contributed by atoms with Crippen LogP contribution in [0.25, 0.3) is 0 Å². The van der Waals surface area contributed by atoms with Gasteiger partial charge in [0.15, 0.2) is 0 Å². The van der Waals surface area contributed by atoms with Crippen LogP contribution in [-0.4, -0.2) is 28.9 Å². The molecule has 1 saturated carbocycles. The largest absolute Gasteiger partial charge is 0.467 e. The van der Waals surface area contributed by atoms with Crippen LogP contribution in [0, 0.1) is 13.8 Å². The van der Waals surface area contributed by atoms with Crippen molar-refractivity contribution in [2.45, 2.75) is 71.0 Å². The minimum Gasteiger partial charge on any atom is -0.467 e. The smallest absolute Gasteiger partial charge is 0.259 e. The standard InChI is InChI=1S/C29H33N3O2/c1-21-15-16-27(22(2)18-21)32-28(33)26(19-23-10-5-3-6-11-23)30-29(32)31(20-25-14-9-17-34-25)24-12-7-4-8-13-24/h3,5-6,9-11,14-18,24,26H,4,7-8,12-13,19-20H2,1-2H3. The van der Waals surface area contributed by atoms with Gasteiger partial charge in [0.05, 0.1) is 18.5 Å². The number of hydrogen-bond acceptors (Lipinski definition) is 4. The van der Waals surface area contributed by atoms with Crippen LogP contribution < -0.4 is 4.90 Å². The van der Waals surface area contributed by atoms with E-state index in [2.05, 4.69) is 49.1 Å². The number of aryl methyl sites for hydroxylation is 2. The second-order valence-electron chi connectivity index (χ2n) is 9.60. The summed E-state index contributed by atoms with van der Waals surface area (Å²) >= 11 is 0. The Hall–Kier alpha value is -3.34. The van der Waals surface area contributed by atoms with Crippen molar-refractivity contribution < 1.29 is 9.21 Å². The number of anilines is 1. The molecule has 1 unspecified atom stereocenters. The summed E-state index contributed by atoms with van der Waals surface area (Å²) < 4.78 is 5.74. The van der Waals surface area contributed by atoms with E-state index in [1.165, 1.54) is 24.8 Å². The fourth-order valence-electron chi connectivity index (χ4n) is 5.28. The molecule has 1 aliphatic carbocycles. The van der Waals surface area contributed by atoms with Gasteiger partial charge in [-0.05, 0) is 56.0 Å². The van der Waals surface area contributed by atoms with Gasteiger partial charge in [-0.3, -0.25) is 4.79 Å². The number of nitrogens with zero attached hydrogens (tertiary/aromatic N) is 3. The van der Waals surface area contributed by atoms with Crippen LogP contribution in [-0.2, 0) is 17.8 Å². The molecular formula is C29H33N3O2. The van der Waals surface area contributed by atoms with Crippen molar-refractivity contribution in [2.75, 3.05) is 4.90 Å². The lowest BCUT2D eigenvalue weighted by molar-refractivity contribution is -0.118. The van der Waals surface area contributed by atoms with Gasteiger partial charge in [-0.1, -0.05) is 67.3 Å². The highest BCUT2D eigenvalue weighted by Crippen LogP contribution is 2.32. The molecule has 0 spiro atoms. The molecule has 176 valence electrons. The molecule has 1 aliphatic heterocycles. The van der Waals surface area contributed by atoms with Crippen molar-refractivity contribution in [3.05, 3.63) is 89.4 Å². The molecule has 0 radical (unpaired) electrons. The van der Waals surface area contributed by atoms with Crippen molar-refractivity contribution in [2.24, 2.45) is 4.99 Å². The Morgan fingerprint density at radius 1 is 1.00 bits per heavy atom. The fourth-order valence-corrected chi connectivity index (χ4v) is 5.28. The number of rotatable bonds is 6. The third-order valence-corrected chi connectivity index (χ3v) is 7.02. The number of carbonyl (C=O) groups is 1. The number of benzene rings is 2. The molecule has 5 nitrogen and oxygen atoms in total. The highest BCUT2D eigenvalue weighted by atomic mass is 16.3. The predicted molar refractivity (Wildman–Crippen MR) is 136 cm³/mol. The van der Waals surface area contributed by atoms with Crippen molar-refractivity contribution in [1.29, 1.82) is 0 Å². The maximum absolute atomic E-state index is 13.9. The Morgan fingerprint density at radius 3 is 2.50 bits per heavy atom. The molecule has 3 aromatic rings. The molecule has 0 bridgehead atoms. The van der Waals surface area contributed by atoms with Gasteiger partial charge in [0.25, 0.3) is 5.91 Å². The lowest BCUT2D eigenvalue weighted by Gasteiger charge is -2.38. The van der Waals surface area contributed by atoms with Gasteiger partial charge in [-0.15, -0.1) is 0 Å². The number of guanidine groups is 1. The normalized spacial score (nSPS) is 18.9. The summed E-state index contributed by atoms with van der Waals surface area (Å²) in [7, 11) is 0. The molecule has 2 aliphatic rings. The van der Waals surface area contributed by atoms with Crippen LogP contribution >= 0.6 is 0 Å². The molecule has 1 atom stereocenters. The third-order valence-electron chi connectivity index (χ3n) is 7.02. The molecular weight excluding hydrogens is 422 g/mol. The molecule has 5 rings (SSSR count). The zero-order valence-electron chi connectivity index (χ0n) is 20.1. The van der Waals surface area contributed by atoms with Crippen molar-refractivity contribution in [1.82, 2.24) is 4.90 Å². The van der Waals surface area contributed by atoms with Gasteiger partial charge in [0.1, 0.15) is 11.8 Å². The monoisotopic (exact) mass is 455 g/mol. The molecule has 0 N–H and O–H groups in total. The maximum Gasteiger partial charge on any atom is 0.259 e. The highest BCUT2D eigenvalue weighted by Gasteiger charge is 2.41. The van der Waals surface area contributed by atoms with Gasteiger partial charge >= 0.3 is 0 Å². The first-order valence-corrected chi connectivity index (χ1v) is 12.4. The summed E-state index contributed by atoms with van der Waals surface area (Å²) in [6.07, 6.45) is 8.22. The van der Waals surface area contributed by atoms with E-state index in [-0.39, 0.29) is 5.91 Å². The van der Waals surface area contributed by atoms with E-state index < -0.39 is 6.04 Å². The average Bonchev–Trinajstić information content (AvgIpc) is 3.47. The predicted octanol–water partition coefficient (Wildman–Crippen LogP) is 6.05. The topological polar surface area (TPSA) is 49.1 Å². The Labute approximate surface area is 202 Å². The fraction of sp³-hybridized carbons (Fsp3) is 0.379. The van der Waals surface area contributed by atoms with Crippen LogP contribution in [0.3, 0.4) is 0 Å². The number of amides is 1. The van der Waals surface area contributed by atoms with Gasteiger partial charge in [0.2, 0.25) is 5.96 Å². The first-order valence-electron chi connectivity index (χ1n) is 12.4. The number of carbonyl (C=O) groups excluding carboxylic acids is 1. The van der Waals surface area contributed by atoms with Crippen LogP contribution in [0.1, 0.15) is 54.6 Å². The summed E-state index contributed by atoms with van der Waals surface area (Å²) in [5, 5.41) is 0. The zero-order chi connectivity index (χ0) is 23.5. The van der Waals surface area contributed by atoms with Gasteiger partial charge in [0, 0.05) is 12.5 Å². The van der Waals surface area contributed by atoms with E-state index in [1.54, 1.807) is 6.26 Å². The van der Waals surface area contributed by atoms with E-state index in [4.69, 9.17) is 9.41 Å². The summed E-state index contributed by atoms with van der Waals surface area (Å²) in [5.74, 6) is 1.71. The molecule has 34 heavy (non-hydrogen) atoms. The quantitative estimate of drug-likeness (QED) is 0.455. The van der Waals surface area contributed by atoms with Crippen LogP contribution in [0.15, 0.2) is 76.3 Å². The first-order chi connectivity index (χ1) is 16.6. The molecule has 2 aromatic carbocycles. The van der Waals surface area contributed by atoms with Crippen molar-refractivity contribution in [3.63, 3.8) is 0 Å². The lowest BCUT2D eigenvalue weighted by Crippen LogP contribution is -2.49. The van der Waals surface area contributed by atoms with Crippen molar-refractivity contribution >= 4 is 17.6 Å².